The molecule has 1 aromatic carbocycles. The second kappa shape index (κ2) is 8.17. The minimum absolute atomic E-state index is 0.0350. The second-order valence-corrected chi connectivity index (χ2v) is 7.52. The summed E-state index contributed by atoms with van der Waals surface area (Å²) in [6, 6.07) is 3.78. The summed E-state index contributed by atoms with van der Waals surface area (Å²) in [5.41, 5.74) is 1.33. The van der Waals surface area contributed by atoms with Crippen molar-refractivity contribution in [3.05, 3.63) is 67.7 Å². The topological polar surface area (TPSA) is 104 Å². The number of aromatic nitrogens is 4. The van der Waals surface area contributed by atoms with Crippen LogP contribution in [0.4, 0.5) is 10.1 Å². The zero-order valence-electron chi connectivity index (χ0n) is 15.7. The Balaban J connectivity index is 1.73. The molecular weight excluding hydrogens is 436 g/mol. The van der Waals surface area contributed by atoms with Crippen molar-refractivity contribution in [1.82, 2.24) is 20.2 Å². The van der Waals surface area contributed by atoms with Crippen LogP contribution < -0.4 is 15.2 Å². The van der Waals surface area contributed by atoms with Gasteiger partial charge in [-0.25, -0.2) is 14.5 Å². The SMILES string of the molecule is CC(O)c1nc2c(c(Oc3ccc(F)cc3Cl)n1)CCN(c1cn[nH]c(=O)c1Cl)C2. The maximum atomic E-state index is 13.4. The molecule has 8 nitrogen and oxygen atoms in total. The Morgan fingerprint density at radius 1 is 1.33 bits per heavy atom. The third kappa shape index (κ3) is 3.96. The first-order chi connectivity index (χ1) is 14.3. The van der Waals surface area contributed by atoms with Crippen LogP contribution in [0.25, 0.3) is 0 Å². The zero-order valence-corrected chi connectivity index (χ0v) is 17.2. The minimum Gasteiger partial charge on any atom is -0.437 e. The van der Waals surface area contributed by atoms with Crippen molar-refractivity contribution in [3.63, 3.8) is 0 Å². The number of ether oxygens (including phenoxy) is 1. The summed E-state index contributed by atoms with van der Waals surface area (Å²) >= 11 is 12.2. The smallest absolute Gasteiger partial charge is 0.285 e. The number of fused-ring (bicyclic) bond motifs is 1. The van der Waals surface area contributed by atoms with E-state index in [2.05, 4.69) is 20.2 Å². The average Bonchev–Trinajstić information content (AvgIpc) is 2.71. The molecule has 0 saturated heterocycles. The number of aliphatic hydroxyl groups is 1. The molecule has 0 fully saturated rings. The van der Waals surface area contributed by atoms with Crippen LogP contribution in [-0.2, 0) is 13.0 Å². The highest BCUT2D eigenvalue weighted by Gasteiger charge is 2.27. The Morgan fingerprint density at radius 3 is 2.87 bits per heavy atom. The van der Waals surface area contributed by atoms with Crippen molar-refractivity contribution in [3.8, 4) is 11.6 Å². The number of benzene rings is 1. The molecule has 0 spiro atoms. The molecule has 1 atom stereocenters. The van der Waals surface area contributed by atoms with Gasteiger partial charge in [0.1, 0.15) is 22.7 Å². The van der Waals surface area contributed by atoms with E-state index in [0.717, 1.165) is 11.6 Å². The van der Waals surface area contributed by atoms with Gasteiger partial charge in [0.25, 0.3) is 5.56 Å². The van der Waals surface area contributed by atoms with Crippen molar-refractivity contribution in [1.29, 1.82) is 0 Å². The van der Waals surface area contributed by atoms with Gasteiger partial charge in [-0.2, -0.15) is 10.1 Å². The molecule has 0 aliphatic carbocycles. The molecule has 156 valence electrons. The number of halogens is 3. The summed E-state index contributed by atoms with van der Waals surface area (Å²) in [5.74, 6) is 0.152. The maximum absolute atomic E-state index is 13.4. The van der Waals surface area contributed by atoms with E-state index in [1.807, 2.05) is 4.90 Å². The van der Waals surface area contributed by atoms with Gasteiger partial charge in [0.05, 0.1) is 29.1 Å². The number of nitrogens with zero attached hydrogens (tertiary/aromatic N) is 4. The molecule has 1 aliphatic rings. The summed E-state index contributed by atoms with van der Waals surface area (Å²) < 4.78 is 19.2. The third-order valence-electron chi connectivity index (χ3n) is 4.64. The predicted octanol–water partition coefficient (Wildman–Crippen LogP) is 3.41. The van der Waals surface area contributed by atoms with Crippen LogP contribution in [-0.4, -0.2) is 31.8 Å². The van der Waals surface area contributed by atoms with Crippen LogP contribution in [0.2, 0.25) is 10.0 Å². The van der Waals surface area contributed by atoms with Gasteiger partial charge in [-0.15, -0.1) is 0 Å². The van der Waals surface area contributed by atoms with E-state index in [1.54, 1.807) is 0 Å². The monoisotopic (exact) mass is 451 g/mol. The lowest BCUT2D eigenvalue weighted by Crippen LogP contribution is -2.33. The van der Waals surface area contributed by atoms with E-state index < -0.39 is 17.5 Å². The zero-order chi connectivity index (χ0) is 21.4. The number of hydrogen-bond donors (Lipinski definition) is 2. The van der Waals surface area contributed by atoms with E-state index in [1.165, 1.54) is 25.3 Å². The predicted molar refractivity (Wildman–Crippen MR) is 109 cm³/mol. The van der Waals surface area contributed by atoms with Crippen LogP contribution in [0.1, 0.15) is 30.1 Å². The molecule has 0 amide bonds. The fourth-order valence-electron chi connectivity index (χ4n) is 3.15. The molecule has 1 unspecified atom stereocenters. The molecule has 0 radical (unpaired) electrons. The lowest BCUT2D eigenvalue weighted by molar-refractivity contribution is 0.187. The van der Waals surface area contributed by atoms with Crippen molar-refractivity contribution in [2.45, 2.75) is 26.0 Å². The van der Waals surface area contributed by atoms with Gasteiger partial charge in [-0.1, -0.05) is 23.2 Å². The fraction of sp³-hybridized carbons (Fsp3) is 0.263. The van der Waals surface area contributed by atoms with E-state index >= 15 is 0 Å². The quantitative estimate of drug-likeness (QED) is 0.625. The number of aliphatic hydroxyl groups excluding tert-OH is 1. The molecular formula is C19H16Cl2FN5O3. The van der Waals surface area contributed by atoms with Crippen molar-refractivity contribution in [2.24, 2.45) is 0 Å². The molecule has 3 heterocycles. The van der Waals surface area contributed by atoms with Gasteiger partial charge >= 0.3 is 0 Å². The van der Waals surface area contributed by atoms with Gasteiger partial charge in [-0.05, 0) is 31.5 Å². The van der Waals surface area contributed by atoms with E-state index in [-0.39, 0.29) is 27.5 Å². The first-order valence-corrected chi connectivity index (χ1v) is 9.78. The number of H-pyrrole nitrogens is 1. The molecule has 3 aromatic rings. The second-order valence-electron chi connectivity index (χ2n) is 6.73. The minimum atomic E-state index is -0.943. The van der Waals surface area contributed by atoms with Gasteiger partial charge < -0.3 is 14.7 Å². The van der Waals surface area contributed by atoms with Crippen LogP contribution >= 0.6 is 23.2 Å². The van der Waals surface area contributed by atoms with Gasteiger partial charge in [0.2, 0.25) is 5.88 Å². The first-order valence-electron chi connectivity index (χ1n) is 9.02. The molecule has 1 aliphatic heterocycles. The molecule has 0 bridgehead atoms. The average molecular weight is 452 g/mol. The van der Waals surface area contributed by atoms with Crippen LogP contribution in [0, 0.1) is 5.82 Å². The molecule has 2 aromatic heterocycles. The summed E-state index contributed by atoms with van der Waals surface area (Å²) in [7, 11) is 0. The highest BCUT2D eigenvalue weighted by molar-refractivity contribution is 6.33. The number of rotatable bonds is 4. The van der Waals surface area contributed by atoms with E-state index in [4.69, 9.17) is 27.9 Å². The Labute approximate surface area is 180 Å². The first kappa shape index (κ1) is 20.5. The number of aromatic amines is 1. The standard InChI is InChI=1S/C19H16Cl2FN5O3/c1-9(28)17-24-13-8-27(14-7-23-26-18(29)16(14)21)5-4-11(13)19(25-17)30-15-3-2-10(22)6-12(15)20/h2-3,6-7,9,28H,4-5,8H2,1H3,(H,26,29). The van der Waals surface area contributed by atoms with Gasteiger partial charge in [0, 0.05) is 12.1 Å². The van der Waals surface area contributed by atoms with E-state index in [0.29, 0.717) is 30.9 Å². The lowest BCUT2D eigenvalue weighted by atomic mass is 10.1. The summed E-state index contributed by atoms with van der Waals surface area (Å²) in [6.45, 7) is 2.34. The highest BCUT2D eigenvalue weighted by atomic mass is 35.5. The van der Waals surface area contributed by atoms with Gasteiger partial charge in [0.15, 0.2) is 5.82 Å². The van der Waals surface area contributed by atoms with Crippen LogP contribution in [0.3, 0.4) is 0 Å². The normalized spacial score (nSPS) is 14.4. The summed E-state index contributed by atoms with van der Waals surface area (Å²) in [4.78, 5) is 22.4. The molecule has 0 saturated carbocycles. The summed E-state index contributed by atoms with van der Waals surface area (Å²) in [6.07, 6.45) is 1.01. The van der Waals surface area contributed by atoms with E-state index in [9.17, 15) is 14.3 Å². The van der Waals surface area contributed by atoms with Crippen molar-refractivity contribution >= 4 is 28.9 Å². The van der Waals surface area contributed by atoms with Gasteiger partial charge in [-0.3, -0.25) is 4.79 Å². The number of hydrogen-bond acceptors (Lipinski definition) is 7. The maximum Gasteiger partial charge on any atom is 0.285 e. The molecule has 2 N–H and O–H groups in total. The Kier molecular flexibility index (Phi) is 5.59. The molecule has 11 heteroatoms. The van der Waals surface area contributed by atoms with Crippen LogP contribution in [0.5, 0.6) is 11.6 Å². The largest absolute Gasteiger partial charge is 0.437 e. The molecule has 4 rings (SSSR count). The van der Waals surface area contributed by atoms with Crippen LogP contribution in [0.15, 0.2) is 29.2 Å². The fourth-order valence-corrected chi connectivity index (χ4v) is 3.56. The van der Waals surface area contributed by atoms with Crippen molar-refractivity contribution < 1.29 is 14.2 Å². The molecule has 30 heavy (non-hydrogen) atoms. The number of anilines is 1. The Morgan fingerprint density at radius 2 is 2.13 bits per heavy atom. The van der Waals surface area contributed by atoms with Crippen molar-refractivity contribution in [2.75, 3.05) is 11.4 Å². The Hall–Kier alpha value is -2.75. The highest BCUT2D eigenvalue weighted by Crippen LogP contribution is 2.35. The summed E-state index contributed by atoms with van der Waals surface area (Å²) in [5, 5.41) is 16.2. The Bertz CT molecular complexity index is 1170. The number of nitrogens with one attached hydrogen (secondary N) is 1. The third-order valence-corrected chi connectivity index (χ3v) is 5.30. The lowest BCUT2D eigenvalue weighted by Gasteiger charge is -2.31.